The lowest BCUT2D eigenvalue weighted by atomic mass is 9.73. The second-order valence-corrected chi connectivity index (χ2v) is 19.5. The maximum Gasteiger partial charge on any atom is 0.0355 e. The zero-order chi connectivity index (χ0) is 35.3. The van der Waals surface area contributed by atoms with Gasteiger partial charge < -0.3 is 0 Å². The SMILES string of the molecule is CC(C)(C)c1cc(-c2ccc3c(C(C)(C)C)c4cc(-c5ccc6sc7ccccc7c6c5)ccc4c(C(C)(C)C)c3c2)cc(C(C)(C)C)c1. The van der Waals surface area contributed by atoms with E-state index in [0.29, 0.717) is 0 Å². The summed E-state index contributed by atoms with van der Waals surface area (Å²) in [6, 6.07) is 37.7. The van der Waals surface area contributed by atoms with E-state index in [0.717, 1.165) is 0 Å². The molecule has 1 aromatic heterocycles. The second kappa shape index (κ2) is 11.3. The van der Waals surface area contributed by atoms with Crippen molar-refractivity contribution in [3.05, 3.63) is 119 Å². The molecule has 0 unspecified atom stereocenters. The van der Waals surface area contributed by atoms with Crippen molar-refractivity contribution in [2.45, 2.75) is 105 Å². The molecule has 0 spiro atoms. The first-order valence-corrected chi connectivity index (χ1v) is 18.7. The maximum atomic E-state index is 2.50. The van der Waals surface area contributed by atoms with Crippen LogP contribution in [0.3, 0.4) is 0 Å². The standard InChI is InChI=1S/C48H52S/c1-45(2,3)33-23-32(24-34(28-33)46(4,5)6)31-18-21-37-40(27-31)44(48(10,11)12)36-20-17-29(26-39(36)43(37)47(7,8)9)30-19-22-42-38(25-30)35-15-13-14-16-41(35)49-42/h13-28H,1-12H3. The van der Waals surface area contributed by atoms with Crippen molar-refractivity contribution in [1.29, 1.82) is 0 Å². The van der Waals surface area contributed by atoms with Crippen LogP contribution in [0.5, 0.6) is 0 Å². The van der Waals surface area contributed by atoms with Gasteiger partial charge in [-0.05, 0) is 118 Å². The van der Waals surface area contributed by atoms with Crippen LogP contribution < -0.4 is 0 Å². The van der Waals surface area contributed by atoms with Crippen molar-refractivity contribution in [2.24, 2.45) is 0 Å². The third kappa shape index (κ3) is 5.99. The fourth-order valence-electron chi connectivity index (χ4n) is 7.77. The summed E-state index contributed by atoms with van der Waals surface area (Å²) >= 11 is 1.88. The number of hydrogen-bond donors (Lipinski definition) is 0. The quantitative estimate of drug-likeness (QED) is 0.162. The Morgan fingerprint density at radius 1 is 0.327 bits per heavy atom. The number of hydrogen-bond acceptors (Lipinski definition) is 1. The summed E-state index contributed by atoms with van der Waals surface area (Å²) in [4.78, 5) is 0. The molecule has 0 saturated carbocycles. The highest BCUT2D eigenvalue weighted by atomic mass is 32.1. The molecule has 7 aromatic rings. The molecule has 0 aliphatic rings. The third-order valence-corrected chi connectivity index (χ3v) is 11.5. The van der Waals surface area contributed by atoms with Crippen LogP contribution in [0.2, 0.25) is 0 Å². The van der Waals surface area contributed by atoms with Gasteiger partial charge >= 0.3 is 0 Å². The van der Waals surface area contributed by atoms with Gasteiger partial charge in [-0.1, -0.05) is 150 Å². The molecular weight excluding hydrogens is 609 g/mol. The van der Waals surface area contributed by atoms with Crippen LogP contribution >= 0.6 is 11.3 Å². The van der Waals surface area contributed by atoms with Crippen molar-refractivity contribution in [1.82, 2.24) is 0 Å². The molecule has 49 heavy (non-hydrogen) atoms. The highest BCUT2D eigenvalue weighted by Crippen LogP contribution is 2.47. The third-order valence-electron chi connectivity index (χ3n) is 10.3. The lowest BCUT2D eigenvalue weighted by molar-refractivity contribution is 0.569. The molecular formula is C48H52S. The van der Waals surface area contributed by atoms with Gasteiger partial charge in [-0.3, -0.25) is 0 Å². The van der Waals surface area contributed by atoms with E-state index in [4.69, 9.17) is 0 Å². The highest BCUT2D eigenvalue weighted by Gasteiger charge is 2.28. The van der Waals surface area contributed by atoms with Crippen LogP contribution in [0, 0.1) is 0 Å². The van der Waals surface area contributed by atoms with Gasteiger partial charge in [0, 0.05) is 20.2 Å². The Labute approximate surface area is 298 Å². The topological polar surface area (TPSA) is 0 Å². The van der Waals surface area contributed by atoms with Gasteiger partial charge in [-0.25, -0.2) is 0 Å². The summed E-state index contributed by atoms with van der Waals surface area (Å²) in [5.41, 5.74) is 10.8. The molecule has 7 rings (SSSR count). The van der Waals surface area contributed by atoms with Crippen LogP contribution in [0.1, 0.15) is 105 Å². The lowest BCUT2D eigenvalue weighted by Gasteiger charge is -2.31. The van der Waals surface area contributed by atoms with Crippen molar-refractivity contribution in [3.8, 4) is 22.3 Å². The highest BCUT2D eigenvalue weighted by molar-refractivity contribution is 7.25. The predicted molar refractivity (Wildman–Crippen MR) is 220 cm³/mol. The smallest absolute Gasteiger partial charge is 0.0355 e. The van der Waals surface area contributed by atoms with Crippen LogP contribution in [0.4, 0.5) is 0 Å². The van der Waals surface area contributed by atoms with Gasteiger partial charge in [0.1, 0.15) is 0 Å². The number of thiophene rings is 1. The molecule has 0 aliphatic heterocycles. The van der Waals surface area contributed by atoms with Gasteiger partial charge in [0.2, 0.25) is 0 Å². The van der Waals surface area contributed by atoms with E-state index >= 15 is 0 Å². The van der Waals surface area contributed by atoms with E-state index in [1.807, 2.05) is 11.3 Å². The van der Waals surface area contributed by atoms with Crippen LogP contribution in [-0.2, 0) is 21.7 Å². The van der Waals surface area contributed by atoms with E-state index in [-0.39, 0.29) is 21.7 Å². The van der Waals surface area contributed by atoms with Gasteiger partial charge in [0.05, 0.1) is 0 Å². The van der Waals surface area contributed by atoms with Gasteiger partial charge in [0.15, 0.2) is 0 Å². The number of benzene rings is 6. The fourth-order valence-corrected chi connectivity index (χ4v) is 8.86. The van der Waals surface area contributed by atoms with Gasteiger partial charge in [-0.15, -0.1) is 11.3 Å². The molecule has 6 aromatic carbocycles. The summed E-state index contributed by atoms with van der Waals surface area (Å²) in [6.45, 7) is 28.2. The first kappa shape index (κ1) is 33.6. The normalized spacial score (nSPS) is 13.3. The Hall–Kier alpha value is -3.94. The Bertz CT molecular complexity index is 2370. The predicted octanol–water partition coefficient (Wildman–Crippen LogP) is 14.9. The summed E-state index contributed by atoms with van der Waals surface area (Å²) in [7, 11) is 0. The van der Waals surface area contributed by atoms with E-state index in [1.165, 1.54) is 86.2 Å². The molecule has 0 N–H and O–H groups in total. The lowest BCUT2D eigenvalue weighted by Crippen LogP contribution is -2.18. The van der Waals surface area contributed by atoms with Crippen molar-refractivity contribution in [3.63, 3.8) is 0 Å². The summed E-state index contributed by atoms with van der Waals surface area (Å²) in [6.07, 6.45) is 0. The zero-order valence-electron chi connectivity index (χ0n) is 31.6. The minimum absolute atomic E-state index is 0.0495. The van der Waals surface area contributed by atoms with E-state index in [2.05, 4.69) is 180 Å². The molecule has 250 valence electrons. The van der Waals surface area contributed by atoms with Gasteiger partial charge in [-0.2, -0.15) is 0 Å². The van der Waals surface area contributed by atoms with Crippen molar-refractivity contribution < 1.29 is 0 Å². The molecule has 0 saturated heterocycles. The minimum atomic E-state index is -0.0502. The molecule has 0 radical (unpaired) electrons. The van der Waals surface area contributed by atoms with Crippen molar-refractivity contribution in [2.75, 3.05) is 0 Å². The Morgan fingerprint density at radius 3 is 1.24 bits per heavy atom. The molecule has 0 atom stereocenters. The molecule has 0 bridgehead atoms. The average Bonchev–Trinajstić information content (AvgIpc) is 3.38. The molecule has 0 nitrogen and oxygen atoms in total. The molecule has 0 fully saturated rings. The first-order valence-electron chi connectivity index (χ1n) is 17.9. The summed E-state index contributed by atoms with van der Waals surface area (Å²) < 4.78 is 2.70. The van der Waals surface area contributed by atoms with E-state index < -0.39 is 0 Å². The fraction of sp³-hybridized carbons (Fsp3) is 0.333. The number of rotatable bonds is 2. The molecule has 1 heteroatoms. The van der Waals surface area contributed by atoms with Crippen LogP contribution in [0.15, 0.2) is 97.1 Å². The molecule has 0 amide bonds. The molecule has 0 aliphatic carbocycles. The summed E-state index contributed by atoms with van der Waals surface area (Å²) in [5, 5.41) is 8.18. The van der Waals surface area contributed by atoms with Crippen LogP contribution in [-0.4, -0.2) is 0 Å². The average molecular weight is 661 g/mol. The zero-order valence-corrected chi connectivity index (χ0v) is 32.5. The van der Waals surface area contributed by atoms with Crippen LogP contribution in [0.25, 0.3) is 64.0 Å². The minimum Gasteiger partial charge on any atom is -0.135 e. The van der Waals surface area contributed by atoms with Gasteiger partial charge in [0.25, 0.3) is 0 Å². The Morgan fingerprint density at radius 2 is 0.755 bits per heavy atom. The second-order valence-electron chi connectivity index (χ2n) is 18.4. The first-order chi connectivity index (χ1) is 22.8. The maximum absolute atomic E-state index is 2.50. The Balaban J connectivity index is 1.51. The van der Waals surface area contributed by atoms with E-state index in [1.54, 1.807) is 0 Å². The molecule has 1 heterocycles. The summed E-state index contributed by atoms with van der Waals surface area (Å²) in [5.74, 6) is 0. The monoisotopic (exact) mass is 660 g/mol. The number of fused-ring (bicyclic) bond motifs is 5. The Kier molecular flexibility index (Phi) is 7.73. The van der Waals surface area contributed by atoms with E-state index in [9.17, 15) is 0 Å². The largest absolute Gasteiger partial charge is 0.135 e. The van der Waals surface area contributed by atoms with Crippen molar-refractivity contribution >= 4 is 53.1 Å².